The summed E-state index contributed by atoms with van der Waals surface area (Å²) in [5.41, 5.74) is 1.57. The van der Waals surface area contributed by atoms with Gasteiger partial charge in [-0.05, 0) is 55.0 Å². The molecule has 0 fully saturated rings. The van der Waals surface area contributed by atoms with Gasteiger partial charge in [-0.25, -0.2) is 4.39 Å². The third-order valence-corrected chi connectivity index (χ3v) is 5.10. The van der Waals surface area contributed by atoms with Gasteiger partial charge in [-0.1, -0.05) is 0 Å². The molecule has 0 bridgehead atoms. The number of fused-ring (bicyclic) bond motifs is 2. The largest absolute Gasteiger partial charge is 0.454 e. The standard InChI is InChI=1S/C21H20FN3O4S/c22-15-2-4-16(5-3-15)23-21(30)25(6-1-7-26)11-14-8-13-9-18-19(29-12-28-18)10-17(13)24-20(14)27/h2-5,8-10,26H,1,6-7,11-12H2,(H,23,30)(H,24,27). The predicted molar refractivity (Wildman–Crippen MR) is 115 cm³/mol. The highest BCUT2D eigenvalue weighted by Gasteiger charge is 2.17. The number of nitrogens with zero attached hydrogens (tertiary/aromatic N) is 1. The van der Waals surface area contributed by atoms with Crippen molar-refractivity contribution < 1.29 is 19.0 Å². The SMILES string of the molecule is O=c1[nH]c2cc3c(cc2cc1CN(CCCO)C(=S)Nc1ccc(F)cc1)OCO3. The maximum absolute atomic E-state index is 13.1. The first-order chi connectivity index (χ1) is 14.5. The van der Waals surface area contributed by atoms with Crippen LogP contribution in [0.15, 0.2) is 47.3 Å². The molecule has 0 aliphatic carbocycles. The zero-order valence-corrected chi connectivity index (χ0v) is 16.8. The lowest BCUT2D eigenvalue weighted by Gasteiger charge is -2.25. The van der Waals surface area contributed by atoms with E-state index in [1.807, 2.05) is 6.07 Å². The van der Waals surface area contributed by atoms with Crippen LogP contribution in [0, 0.1) is 5.82 Å². The minimum absolute atomic E-state index is 0.00673. The molecule has 2 heterocycles. The van der Waals surface area contributed by atoms with Gasteiger partial charge >= 0.3 is 0 Å². The van der Waals surface area contributed by atoms with Gasteiger partial charge in [0.15, 0.2) is 16.6 Å². The number of halogens is 1. The fourth-order valence-electron chi connectivity index (χ4n) is 3.21. The molecule has 1 aliphatic heterocycles. The van der Waals surface area contributed by atoms with Crippen LogP contribution in [0.3, 0.4) is 0 Å². The van der Waals surface area contributed by atoms with Crippen LogP contribution in [-0.2, 0) is 6.54 Å². The summed E-state index contributed by atoms with van der Waals surface area (Å²) in [5.74, 6) is 0.887. The van der Waals surface area contributed by atoms with Crippen LogP contribution in [0.2, 0.25) is 0 Å². The molecule has 1 aromatic heterocycles. The van der Waals surface area contributed by atoms with Crippen molar-refractivity contribution >= 4 is 33.9 Å². The number of benzene rings is 2. The summed E-state index contributed by atoms with van der Waals surface area (Å²) >= 11 is 5.50. The first-order valence-corrected chi connectivity index (χ1v) is 9.82. The van der Waals surface area contributed by atoms with Gasteiger partial charge in [0.25, 0.3) is 5.56 Å². The van der Waals surface area contributed by atoms with Crippen molar-refractivity contribution in [3.8, 4) is 11.5 Å². The fourth-order valence-corrected chi connectivity index (χ4v) is 3.49. The number of thiocarbonyl (C=S) groups is 1. The Morgan fingerprint density at radius 3 is 2.67 bits per heavy atom. The minimum atomic E-state index is -0.341. The van der Waals surface area contributed by atoms with Crippen LogP contribution in [-0.4, -0.2) is 40.0 Å². The van der Waals surface area contributed by atoms with E-state index in [-0.39, 0.29) is 31.3 Å². The lowest BCUT2D eigenvalue weighted by molar-refractivity contribution is 0.174. The molecule has 9 heteroatoms. The van der Waals surface area contributed by atoms with Crippen molar-refractivity contribution in [3.63, 3.8) is 0 Å². The number of rotatable bonds is 6. The minimum Gasteiger partial charge on any atom is -0.454 e. The lowest BCUT2D eigenvalue weighted by Crippen LogP contribution is -2.37. The number of aliphatic hydroxyl groups excluding tert-OH is 1. The molecule has 0 radical (unpaired) electrons. The monoisotopic (exact) mass is 429 g/mol. The zero-order chi connectivity index (χ0) is 21.1. The number of H-pyrrole nitrogens is 1. The van der Waals surface area contributed by atoms with Crippen LogP contribution in [0.4, 0.5) is 10.1 Å². The van der Waals surface area contributed by atoms with Crippen molar-refractivity contribution in [2.75, 3.05) is 25.3 Å². The van der Waals surface area contributed by atoms with E-state index >= 15 is 0 Å². The summed E-state index contributed by atoms with van der Waals surface area (Å²) in [6, 6.07) is 11.2. The van der Waals surface area contributed by atoms with Crippen molar-refractivity contribution in [2.24, 2.45) is 0 Å². The third kappa shape index (κ3) is 4.37. The number of ether oxygens (including phenoxy) is 2. The average Bonchev–Trinajstić information content (AvgIpc) is 3.18. The number of aromatic nitrogens is 1. The molecule has 30 heavy (non-hydrogen) atoms. The molecule has 0 unspecified atom stereocenters. The molecule has 0 saturated carbocycles. The van der Waals surface area contributed by atoms with Gasteiger partial charge < -0.3 is 29.8 Å². The molecule has 3 N–H and O–H groups in total. The summed E-state index contributed by atoms with van der Waals surface area (Å²) in [7, 11) is 0. The molecule has 0 atom stereocenters. The molecule has 3 aromatic rings. The Hall–Kier alpha value is -3.17. The number of pyridine rings is 1. The van der Waals surface area contributed by atoms with E-state index < -0.39 is 0 Å². The van der Waals surface area contributed by atoms with Crippen LogP contribution >= 0.6 is 12.2 Å². The third-order valence-electron chi connectivity index (χ3n) is 4.74. The Morgan fingerprint density at radius 1 is 1.20 bits per heavy atom. The molecule has 0 saturated heterocycles. The highest BCUT2D eigenvalue weighted by Crippen LogP contribution is 2.35. The van der Waals surface area contributed by atoms with Crippen molar-refractivity contribution in [2.45, 2.75) is 13.0 Å². The lowest BCUT2D eigenvalue weighted by atomic mass is 10.1. The summed E-state index contributed by atoms with van der Waals surface area (Å²) in [6.45, 7) is 0.836. The highest BCUT2D eigenvalue weighted by atomic mass is 32.1. The first kappa shape index (κ1) is 20.1. The molecular weight excluding hydrogens is 409 g/mol. The van der Waals surface area contributed by atoms with Crippen molar-refractivity contribution in [3.05, 3.63) is 64.2 Å². The molecular formula is C21H20FN3O4S. The Morgan fingerprint density at radius 2 is 1.93 bits per heavy atom. The number of hydrogen-bond donors (Lipinski definition) is 3. The molecule has 7 nitrogen and oxygen atoms in total. The van der Waals surface area contributed by atoms with E-state index in [0.717, 1.165) is 5.39 Å². The number of anilines is 1. The van der Waals surface area contributed by atoms with E-state index in [1.54, 1.807) is 29.2 Å². The van der Waals surface area contributed by atoms with Gasteiger partial charge in [0.05, 0.1) is 12.1 Å². The summed E-state index contributed by atoms with van der Waals surface area (Å²) < 4.78 is 23.9. The van der Waals surface area contributed by atoms with Gasteiger partial charge in [-0.15, -0.1) is 0 Å². The second-order valence-electron chi connectivity index (χ2n) is 6.85. The molecule has 0 spiro atoms. The van der Waals surface area contributed by atoms with Crippen molar-refractivity contribution in [1.82, 2.24) is 9.88 Å². The molecule has 4 rings (SSSR count). The highest BCUT2D eigenvalue weighted by molar-refractivity contribution is 7.80. The van der Waals surface area contributed by atoms with E-state index in [1.165, 1.54) is 12.1 Å². The number of aromatic amines is 1. The van der Waals surface area contributed by atoms with E-state index in [4.69, 9.17) is 21.7 Å². The second-order valence-corrected chi connectivity index (χ2v) is 7.24. The predicted octanol–water partition coefficient (Wildman–Crippen LogP) is 2.98. The summed E-state index contributed by atoms with van der Waals surface area (Å²) in [6.07, 6.45) is 0.482. The maximum Gasteiger partial charge on any atom is 0.253 e. The van der Waals surface area contributed by atoms with E-state index in [9.17, 15) is 14.3 Å². The molecule has 1 aliphatic rings. The normalized spacial score (nSPS) is 12.2. The first-order valence-electron chi connectivity index (χ1n) is 9.41. The van der Waals surface area contributed by atoms with Gasteiger partial charge in [-0.2, -0.15) is 0 Å². The summed E-state index contributed by atoms with van der Waals surface area (Å²) in [4.78, 5) is 17.3. The molecule has 0 amide bonds. The molecule has 156 valence electrons. The smallest absolute Gasteiger partial charge is 0.253 e. The Bertz CT molecular complexity index is 1130. The second kappa shape index (κ2) is 8.68. The van der Waals surface area contributed by atoms with Gasteiger partial charge in [0, 0.05) is 35.9 Å². The Kier molecular flexibility index (Phi) is 5.82. The van der Waals surface area contributed by atoms with Crippen LogP contribution < -0.4 is 20.3 Å². The van der Waals surface area contributed by atoms with E-state index in [0.29, 0.717) is 46.3 Å². The number of aliphatic hydroxyl groups is 1. The molecule has 2 aromatic carbocycles. The number of hydrogen-bond acceptors (Lipinski definition) is 5. The summed E-state index contributed by atoms with van der Waals surface area (Å²) in [5, 5.41) is 13.5. The van der Waals surface area contributed by atoms with Crippen LogP contribution in [0.1, 0.15) is 12.0 Å². The van der Waals surface area contributed by atoms with E-state index in [2.05, 4.69) is 10.3 Å². The maximum atomic E-state index is 13.1. The average molecular weight is 429 g/mol. The van der Waals surface area contributed by atoms with Gasteiger partial charge in [0.1, 0.15) is 5.82 Å². The van der Waals surface area contributed by atoms with Gasteiger partial charge in [-0.3, -0.25) is 4.79 Å². The van der Waals surface area contributed by atoms with Gasteiger partial charge in [0.2, 0.25) is 6.79 Å². The number of nitrogens with one attached hydrogen (secondary N) is 2. The van der Waals surface area contributed by atoms with Crippen molar-refractivity contribution in [1.29, 1.82) is 0 Å². The Labute approximate surface area is 177 Å². The Balaban J connectivity index is 1.58. The van der Waals surface area contributed by atoms with Crippen LogP contribution in [0.25, 0.3) is 10.9 Å². The zero-order valence-electron chi connectivity index (χ0n) is 16.0. The topological polar surface area (TPSA) is 86.8 Å². The van der Waals surface area contributed by atoms with Crippen LogP contribution in [0.5, 0.6) is 11.5 Å². The quantitative estimate of drug-likeness (QED) is 0.520. The fraction of sp³-hybridized carbons (Fsp3) is 0.238.